The minimum atomic E-state index is 0.533. The fourth-order valence-corrected chi connectivity index (χ4v) is 13.8. The Bertz CT molecular complexity index is 4330. The molecule has 78 heavy (non-hydrogen) atoms. The molecule has 0 amide bonds. The Balaban J connectivity index is 1.20. The number of aryl methyl sites for hydroxylation is 12. The predicted molar refractivity (Wildman–Crippen MR) is 330 cm³/mol. The summed E-state index contributed by atoms with van der Waals surface area (Å²) in [6.45, 7) is 34.5. The van der Waals surface area contributed by atoms with E-state index in [1.807, 2.05) is 18.2 Å². The summed E-state index contributed by atoms with van der Waals surface area (Å²) in [6.07, 6.45) is 0. The summed E-state index contributed by atoms with van der Waals surface area (Å²) in [5.74, 6) is 0. The average molecular weight is 1010 g/mol. The van der Waals surface area contributed by atoms with Gasteiger partial charge in [-0.25, -0.2) is 4.85 Å². The third-order valence-electron chi connectivity index (χ3n) is 16.4. The van der Waals surface area contributed by atoms with Crippen LogP contribution in [0.4, 0.5) is 5.69 Å². The molecule has 0 N–H and O–H groups in total. The number of nitrogens with zero attached hydrogens (tertiary/aromatic N) is 4. The number of fused-ring (bicyclic) bond motifs is 6. The average Bonchev–Trinajstić information content (AvgIpc) is 3.96. The van der Waals surface area contributed by atoms with Crippen molar-refractivity contribution in [2.24, 2.45) is 0 Å². The Labute approximate surface area is 459 Å². The minimum Gasteiger partial charge on any atom is -0.308 e. The van der Waals surface area contributed by atoms with Crippen LogP contribution >= 0.6 is 0 Å². The number of hydrogen-bond acceptors (Lipinski definition) is 1. The van der Waals surface area contributed by atoms with Crippen LogP contribution in [0.1, 0.15) is 72.3 Å². The fourth-order valence-electron chi connectivity index (χ4n) is 13.8. The second-order valence-corrected chi connectivity index (χ2v) is 22.3. The Hall–Kier alpha value is -9.22. The van der Waals surface area contributed by atoms with Crippen LogP contribution in [0.5, 0.6) is 0 Å². The van der Waals surface area contributed by atoms with E-state index < -0.39 is 0 Å². The van der Waals surface area contributed by atoms with Gasteiger partial charge in [0.2, 0.25) is 0 Å². The number of nitriles is 1. The summed E-state index contributed by atoms with van der Waals surface area (Å²) in [4.78, 5) is 3.90. The first-order valence-electron chi connectivity index (χ1n) is 27.1. The molecule has 0 fully saturated rings. The highest BCUT2D eigenvalue weighted by molar-refractivity contribution is 6.14. The first kappa shape index (κ1) is 49.6. The second-order valence-electron chi connectivity index (χ2n) is 22.3. The molecule has 4 nitrogen and oxygen atoms in total. The van der Waals surface area contributed by atoms with Gasteiger partial charge >= 0.3 is 0 Å². The molecule has 10 aromatic carbocycles. The molecule has 0 saturated heterocycles. The molecule has 378 valence electrons. The molecule has 0 unspecified atom stereocenters. The van der Waals surface area contributed by atoms with Crippen LogP contribution in [0.15, 0.2) is 158 Å². The lowest BCUT2D eigenvalue weighted by molar-refractivity contribution is 1.12. The van der Waals surface area contributed by atoms with Gasteiger partial charge in [0, 0.05) is 27.1 Å². The van der Waals surface area contributed by atoms with Crippen molar-refractivity contribution < 1.29 is 0 Å². The van der Waals surface area contributed by atoms with Gasteiger partial charge in [-0.1, -0.05) is 119 Å². The predicted octanol–water partition coefficient (Wildman–Crippen LogP) is 20.3. The van der Waals surface area contributed by atoms with Gasteiger partial charge in [0.05, 0.1) is 40.0 Å². The largest absolute Gasteiger partial charge is 0.308 e. The van der Waals surface area contributed by atoms with E-state index in [1.54, 1.807) is 0 Å². The van der Waals surface area contributed by atoms with Gasteiger partial charge in [-0.2, -0.15) is 5.26 Å². The molecule has 0 aliphatic rings. The number of rotatable bonds is 7. The lowest BCUT2D eigenvalue weighted by atomic mass is 9.91. The van der Waals surface area contributed by atoms with Crippen LogP contribution in [-0.4, -0.2) is 9.13 Å². The standard InChI is InChI=1S/C74H62N4/c1-41-27-45(5)70(46(6)28-41)54-17-22-65-60(36-54)61-37-55(71-47(7)29-42(2)30-48(71)8)18-23-66(61)77(65)69-26-21-59(53-15-14-16-58(35-53)76-13)74(64(69)40-75)78-67-24-19-56(72-49(9)31-43(3)32-50(72)10)38-62(67)63-39-57(20-25-68(63)78)73-51(11)33-44(4)34-52(73)12/h14-39H,1-12H3. The SMILES string of the molecule is [C-]#[N+]c1cccc(-c2ccc(-n3c4ccc(-c5c(C)cc(C)cc5C)cc4c4cc(-c5c(C)cc(C)cc5C)ccc43)c(C#N)c2-n2c3ccc(-c4c(C)cc(C)cc4C)cc3c3cc(-c4c(C)cc(C)cc4C)ccc32)c1. The lowest BCUT2D eigenvalue weighted by Crippen LogP contribution is -2.06. The van der Waals surface area contributed by atoms with Crippen molar-refractivity contribution in [1.29, 1.82) is 5.26 Å². The minimum absolute atomic E-state index is 0.533. The van der Waals surface area contributed by atoms with Crippen molar-refractivity contribution in [2.75, 3.05) is 0 Å². The second kappa shape index (κ2) is 18.8. The molecule has 0 aliphatic heterocycles. The highest BCUT2D eigenvalue weighted by atomic mass is 15.0. The summed E-state index contributed by atoms with van der Waals surface area (Å²) in [5, 5.41) is 16.6. The van der Waals surface area contributed by atoms with Crippen molar-refractivity contribution in [1.82, 2.24) is 9.13 Å². The van der Waals surface area contributed by atoms with Crippen molar-refractivity contribution in [3.63, 3.8) is 0 Å². The quantitative estimate of drug-likeness (QED) is 0.147. The van der Waals surface area contributed by atoms with Crippen molar-refractivity contribution in [3.05, 3.63) is 241 Å². The molecule has 12 rings (SSSR count). The molecule has 2 heterocycles. The van der Waals surface area contributed by atoms with E-state index in [2.05, 4.69) is 243 Å². The van der Waals surface area contributed by atoms with Crippen LogP contribution in [0.3, 0.4) is 0 Å². The van der Waals surface area contributed by atoms with Crippen molar-refractivity contribution in [2.45, 2.75) is 83.1 Å². The van der Waals surface area contributed by atoms with Gasteiger partial charge in [0.15, 0.2) is 5.69 Å². The summed E-state index contributed by atoms with van der Waals surface area (Å²) in [7, 11) is 0. The molecule has 2 aromatic heterocycles. The maximum Gasteiger partial charge on any atom is 0.187 e. The summed E-state index contributed by atoms with van der Waals surface area (Å²) in [5.41, 5.74) is 32.9. The monoisotopic (exact) mass is 1010 g/mol. The Morgan fingerprint density at radius 2 is 0.692 bits per heavy atom. The summed E-state index contributed by atoms with van der Waals surface area (Å²) < 4.78 is 4.65. The highest BCUT2D eigenvalue weighted by Gasteiger charge is 2.26. The highest BCUT2D eigenvalue weighted by Crippen LogP contribution is 2.46. The zero-order valence-electron chi connectivity index (χ0n) is 46.8. The molecule has 0 atom stereocenters. The topological polar surface area (TPSA) is 38.0 Å². The number of hydrogen-bond donors (Lipinski definition) is 0. The molecule has 0 spiro atoms. The van der Waals surface area contributed by atoms with Gasteiger partial charge < -0.3 is 9.13 Å². The van der Waals surface area contributed by atoms with Crippen LogP contribution in [0.2, 0.25) is 0 Å². The Morgan fingerprint density at radius 1 is 0.359 bits per heavy atom. The van der Waals surface area contributed by atoms with Gasteiger partial charge in [-0.3, -0.25) is 0 Å². The molecular formula is C74H62N4. The fraction of sp³-hybridized carbons (Fsp3) is 0.162. The first-order chi connectivity index (χ1) is 37.5. The van der Waals surface area contributed by atoms with Gasteiger partial charge in [0.25, 0.3) is 0 Å². The molecule has 0 radical (unpaired) electrons. The maximum absolute atomic E-state index is 12.1. The number of aromatic nitrogens is 2. The van der Waals surface area contributed by atoms with E-state index in [1.165, 1.54) is 89.0 Å². The zero-order valence-corrected chi connectivity index (χ0v) is 46.8. The van der Waals surface area contributed by atoms with E-state index in [0.29, 0.717) is 11.3 Å². The molecule has 4 heteroatoms. The Morgan fingerprint density at radius 3 is 1.01 bits per heavy atom. The van der Waals surface area contributed by atoms with Gasteiger partial charge in [0.1, 0.15) is 11.6 Å². The van der Waals surface area contributed by atoms with Gasteiger partial charge in [-0.05, 0) is 238 Å². The van der Waals surface area contributed by atoms with Gasteiger partial charge in [-0.15, -0.1) is 0 Å². The molecular weight excluding hydrogens is 945 g/mol. The molecule has 0 bridgehead atoms. The van der Waals surface area contributed by atoms with E-state index >= 15 is 0 Å². The third kappa shape index (κ3) is 8.02. The van der Waals surface area contributed by atoms with Crippen LogP contribution in [-0.2, 0) is 0 Å². The van der Waals surface area contributed by atoms with E-state index in [4.69, 9.17) is 6.57 Å². The van der Waals surface area contributed by atoms with E-state index in [0.717, 1.165) is 88.4 Å². The van der Waals surface area contributed by atoms with Crippen molar-refractivity contribution >= 4 is 49.3 Å². The zero-order chi connectivity index (χ0) is 54.6. The van der Waals surface area contributed by atoms with E-state index in [-0.39, 0.29) is 0 Å². The van der Waals surface area contributed by atoms with Crippen LogP contribution in [0.25, 0.3) is 115 Å². The normalized spacial score (nSPS) is 11.6. The smallest absolute Gasteiger partial charge is 0.187 e. The van der Waals surface area contributed by atoms with Crippen LogP contribution in [0, 0.1) is 101 Å². The molecule has 0 saturated carbocycles. The van der Waals surface area contributed by atoms with E-state index in [9.17, 15) is 5.26 Å². The maximum atomic E-state index is 12.1. The molecule has 12 aromatic rings. The first-order valence-corrected chi connectivity index (χ1v) is 27.1. The van der Waals surface area contributed by atoms with Crippen LogP contribution < -0.4 is 0 Å². The third-order valence-corrected chi connectivity index (χ3v) is 16.4. The summed E-state index contributed by atoms with van der Waals surface area (Å²) >= 11 is 0. The Kier molecular flexibility index (Phi) is 12.0. The lowest BCUT2D eigenvalue weighted by Gasteiger charge is -2.20. The number of benzene rings is 10. The molecule has 0 aliphatic carbocycles. The van der Waals surface area contributed by atoms with Crippen molar-refractivity contribution in [3.8, 4) is 73.1 Å². The summed E-state index contributed by atoms with van der Waals surface area (Å²) in [6, 6.07) is 60.7.